The van der Waals surface area contributed by atoms with E-state index in [9.17, 15) is 9.59 Å². The number of carbonyl (C=O) groups excluding carboxylic acids is 2. The number of anilines is 1. The summed E-state index contributed by atoms with van der Waals surface area (Å²) in [5.41, 5.74) is 4.64. The molecule has 0 radical (unpaired) electrons. The lowest BCUT2D eigenvalue weighted by atomic mass is 10.0. The van der Waals surface area contributed by atoms with Crippen LogP contribution in [0.3, 0.4) is 0 Å². The number of hydrogen-bond donors (Lipinski definition) is 1. The molecule has 0 aromatic heterocycles. The Morgan fingerprint density at radius 1 is 1.00 bits per heavy atom. The van der Waals surface area contributed by atoms with E-state index in [0.29, 0.717) is 11.5 Å². The van der Waals surface area contributed by atoms with E-state index >= 15 is 0 Å². The largest absolute Gasteiger partial charge is 0.332 e. The van der Waals surface area contributed by atoms with Crippen LogP contribution >= 0.6 is 0 Å². The molecule has 0 unspecified atom stereocenters. The van der Waals surface area contributed by atoms with Gasteiger partial charge in [0.1, 0.15) is 0 Å². The maximum Gasteiger partial charge on any atom is 0.254 e. The summed E-state index contributed by atoms with van der Waals surface area (Å²) in [5, 5.41) is 2.91. The lowest BCUT2D eigenvalue weighted by Crippen LogP contribution is -2.35. The molecule has 2 rings (SSSR count). The van der Waals surface area contributed by atoms with Crippen molar-refractivity contribution in [3.63, 3.8) is 0 Å². The maximum absolute atomic E-state index is 12.5. The lowest BCUT2D eigenvalue weighted by molar-refractivity contribution is -0.116. The molecule has 0 bridgehead atoms. The first-order chi connectivity index (χ1) is 12.3. The third-order valence-electron chi connectivity index (χ3n) is 4.32. The fourth-order valence-electron chi connectivity index (χ4n) is 2.95. The molecule has 0 aliphatic carbocycles. The summed E-state index contributed by atoms with van der Waals surface area (Å²) in [6.07, 6.45) is 0.989. The molecule has 0 saturated heterocycles. The van der Waals surface area contributed by atoms with E-state index in [4.69, 9.17) is 0 Å². The van der Waals surface area contributed by atoms with Gasteiger partial charge in [0.25, 0.3) is 5.91 Å². The predicted octanol–water partition coefficient (Wildman–Crippen LogP) is 4.21. The fraction of sp³-hybridized carbons (Fsp3) is 0.364. The minimum Gasteiger partial charge on any atom is -0.332 e. The number of nitrogens with zero attached hydrogens (tertiary/aromatic N) is 1. The first kappa shape index (κ1) is 19.7. The molecule has 0 aliphatic rings. The van der Waals surface area contributed by atoms with Crippen LogP contribution in [-0.2, 0) is 11.2 Å². The molecule has 1 N–H and O–H groups in total. The van der Waals surface area contributed by atoms with Crippen molar-refractivity contribution in [2.45, 2.75) is 34.1 Å². The van der Waals surface area contributed by atoms with Crippen LogP contribution in [0, 0.1) is 19.8 Å². The van der Waals surface area contributed by atoms with E-state index in [0.717, 1.165) is 23.2 Å². The van der Waals surface area contributed by atoms with E-state index in [-0.39, 0.29) is 18.4 Å². The second-order valence-corrected chi connectivity index (χ2v) is 7.27. The Balaban J connectivity index is 1.99. The second kappa shape index (κ2) is 8.65. The summed E-state index contributed by atoms with van der Waals surface area (Å²) in [7, 11) is 1.65. The van der Waals surface area contributed by atoms with Crippen LogP contribution in [0.5, 0.6) is 0 Å². The van der Waals surface area contributed by atoms with Gasteiger partial charge >= 0.3 is 0 Å². The van der Waals surface area contributed by atoms with Gasteiger partial charge in [0, 0.05) is 18.3 Å². The molecule has 0 heterocycles. The van der Waals surface area contributed by atoms with Gasteiger partial charge in [-0.2, -0.15) is 0 Å². The standard InChI is InChI=1S/C22H28N2O2/c1-15(2)13-18-9-11-19(12-10-18)22(26)24(5)14-20(25)23-21-16(3)7-6-8-17(21)4/h6-12,15H,13-14H2,1-5H3,(H,23,25). The van der Waals surface area contributed by atoms with Crippen molar-refractivity contribution < 1.29 is 9.59 Å². The summed E-state index contributed by atoms with van der Waals surface area (Å²) in [6, 6.07) is 13.5. The van der Waals surface area contributed by atoms with E-state index in [2.05, 4.69) is 19.2 Å². The highest BCUT2D eigenvalue weighted by Crippen LogP contribution is 2.19. The van der Waals surface area contributed by atoms with Crippen LogP contribution < -0.4 is 5.32 Å². The SMILES string of the molecule is Cc1cccc(C)c1NC(=O)CN(C)C(=O)c1ccc(CC(C)C)cc1. The molecule has 26 heavy (non-hydrogen) atoms. The van der Waals surface area contributed by atoms with Crippen molar-refractivity contribution in [1.82, 2.24) is 4.90 Å². The van der Waals surface area contributed by atoms with Crippen molar-refractivity contribution in [3.05, 3.63) is 64.7 Å². The molecule has 0 aliphatic heterocycles. The molecule has 2 aromatic carbocycles. The Bertz CT molecular complexity index is 759. The van der Waals surface area contributed by atoms with Crippen LogP contribution in [-0.4, -0.2) is 30.3 Å². The average molecular weight is 352 g/mol. The molecule has 0 saturated carbocycles. The number of amides is 2. The number of nitrogens with one attached hydrogen (secondary N) is 1. The van der Waals surface area contributed by atoms with E-state index < -0.39 is 0 Å². The molecular weight excluding hydrogens is 324 g/mol. The normalized spacial score (nSPS) is 10.7. The zero-order chi connectivity index (χ0) is 19.3. The van der Waals surface area contributed by atoms with Crippen LogP contribution in [0.2, 0.25) is 0 Å². The number of para-hydroxylation sites is 1. The van der Waals surface area contributed by atoms with E-state index in [1.807, 2.05) is 56.3 Å². The zero-order valence-corrected chi connectivity index (χ0v) is 16.3. The van der Waals surface area contributed by atoms with Gasteiger partial charge in [-0.05, 0) is 55.0 Å². The Hall–Kier alpha value is -2.62. The summed E-state index contributed by atoms with van der Waals surface area (Å²) in [5.74, 6) is 0.222. The van der Waals surface area contributed by atoms with Gasteiger partial charge in [-0.15, -0.1) is 0 Å². The minimum absolute atomic E-state index is 0.0142. The van der Waals surface area contributed by atoms with Crippen molar-refractivity contribution in [2.75, 3.05) is 18.9 Å². The monoisotopic (exact) mass is 352 g/mol. The quantitative estimate of drug-likeness (QED) is 0.846. The van der Waals surface area contributed by atoms with E-state index in [1.54, 1.807) is 7.05 Å². The predicted molar refractivity (Wildman–Crippen MR) is 106 cm³/mol. The van der Waals surface area contributed by atoms with Crippen molar-refractivity contribution in [2.24, 2.45) is 5.92 Å². The number of carbonyl (C=O) groups is 2. The van der Waals surface area contributed by atoms with Crippen molar-refractivity contribution in [3.8, 4) is 0 Å². The molecule has 4 nitrogen and oxygen atoms in total. The van der Waals surface area contributed by atoms with Crippen LogP contribution in [0.25, 0.3) is 0 Å². The highest BCUT2D eigenvalue weighted by molar-refractivity contribution is 5.99. The smallest absolute Gasteiger partial charge is 0.254 e. The summed E-state index contributed by atoms with van der Waals surface area (Å²) in [6.45, 7) is 8.26. The topological polar surface area (TPSA) is 49.4 Å². The molecule has 138 valence electrons. The maximum atomic E-state index is 12.5. The van der Waals surface area contributed by atoms with Gasteiger partial charge in [0.15, 0.2) is 0 Å². The first-order valence-corrected chi connectivity index (χ1v) is 8.98. The molecule has 0 fully saturated rings. The van der Waals surface area contributed by atoms with E-state index in [1.165, 1.54) is 10.5 Å². The summed E-state index contributed by atoms with van der Waals surface area (Å²) < 4.78 is 0. The number of hydrogen-bond acceptors (Lipinski definition) is 2. The second-order valence-electron chi connectivity index (χ2n) is 7.27. The molecule has 2 amide bonds. The van der Waals surface area contributed by atoms with Gasteiger partial charge in [0.05, 0.1) is 6.54 Å². The van der Waals surface area contributed by atoms with Gasteiger partial charge < -0.3 is 10.2 Å². The number of likely N-dealkylation sites (N-methyl/N-ethyl adjacent to an activating group) is 1. The van der Waals surface area contributed by atoms with Gasteiger partial charge in [-0.3, -0.25) is 9.59 Å². The van der Waals surface area contributed by atoms with Crippen LogP contribution in [0.15, 0.2) is 42.5 Å². The van der Waals surface area contributed by atoms with Crippen LogP contribution in [0.1, 0.15) is 40.9 Å². The summed E-state index contributed by atoms with van der Waals surface area (Å²) >= 11 is 0. The van der Waals surface area contributed by atoms with Gasteiger partial charge in [0.2, 0.25) is 5.91 Å². The molecular formula is C22H28N2O2. The fourth-order valence-corrected chi connectivity index (χ4v) is 2.95. The average Bonchev–Trinajstić information content (AvgIpc) is 2.58. The number of rotatable bonds is 6. The molecule has 2 aromatic rings. The van der Waals surface area contributed by atoms with Crippen molar-refractivity contribution in [1.29, 1.82) is 0 Å². The third kappa shape index (κ3) is 5.19. The number of benzene rings is 2. The number of aryl methyl sites for hydroxylation is 2. The molecule has 0 spiro atoms. The lowest BCUT2D eigenvalue weighted by Gasteiger charge is -2.18. The third-order valence-corrected chi connectivity index (χ3v) is 4.32. The van der Waals surface area contributed by atoms with Crippen LogP contribution in [0.4, 0.5) is 5.69 Å². The molecule has 4 heteroatoms. The van der Waals surface area contributed by atoms with Gasteiger partial charge in [-0.25, -0.2) is 0 Å². The minimum atomic E-state index is -0.199. The Morgan fingerprint density at radius 2 is 1.58 bits per heavy atom. The summed E-state index contributed by atoms with van der Waals surface area (Å²) in [4.78, 5) is 26.3. The Morgan fingerprint density at radius 3 is 2.12 bits per heavy atom. The Kier molecular flexibility index (Phi) is 6.56. The first-order valence-electron chi connectivity index (χ1n) is 8.98. The van der Waals surface area contributed by atoms with Gasteiger partial charge in [-0.1, -0.05) is 44.2 Å². The molecule has 0 atom stereocenters. The zero-order valence-electron chi connectivity index (χ0n) is 16.3. The van der Waals surface area contributed by atoms with Crippen molar-refractivity contribution >= 4 is 17.5 Å². The highest BCUT2D eigenvalue weighted by Gasteiger charge is 2.16. The Labute approximate surface area is 156 Å². The highest BCUT2D eigenvalue weighted by atomic mass is 16.2.